The van der Waals surface area contributed by atoms with E-state index in [0.29, 0.717) is 0 Å². The third kappa shape index (κ3) is 1.65. The average molecular weight is 240 g/mol. The van der Waals surface area contributed by atoms with Gasteiger partial charge in [0.15, 0.2) is 6.17 Å². The third-order valence-corrected chi connectivity index (χ3v) is 3.43. The van der Waals surface area contributed by atoms with Gasteiger partial charge in [-0.25, -0.2) is 5.01 Å². The lowest BCUT2D eigenvalue weighted by atomic mass is 10.1. The molecule has 0 spiro atoms. The molecule has 2 atom stereocenters. The van der Waals surface area contributed by atoms with Gasteiger partial charge in [-0.2, -0.15) is 5.10 Å². The summed E-state index contributed by atoms with van der Waals surface area (Å²) in [6.07, 6.45) is -0.0175. The number of para-hydroxylation sites is 1. The molecular formula is C14H16N4. The Hall–Kier alpha value is -1.97. The zero-order valence-corrected chi connectivity index (χ0v) is 10.8. The van der Waals surface area contributed by atoms with Crippen molar-refractivity contribution in [2.75, 3.05) is 5.01 Å². The first kappa shape index (κ1) is 11.1. The van der Waals surface area contributed by atoms with Crippen LogP contribution in [0.3, 0.4) is 0 Å². The van der Waals surface area contributed by atoms with Crippen molar-refractivity contribution in [3.05, 3.63) is 30.3 Å². The zero-order chi connectivity index (χ0) is 12.7. The quantitative estimate of drug-likeness (QED) is 0.743. The van der Waals surface area contributed by atoms with Gasteiger partial charge < -0.3 is 0 Å². The van der Waals surface area contributed by atoms with Crippen LogP contribution in [0.2, 0.25) is 0 Å². The van der Waals surface area contributed by atoms with Crippen LogP contribution < -0.4 is 5.01 Å². The molecule has 92 valence electrons. The van der Waals surface area contributed by atoms with E-state index in [1.807, 2.05) is 44.0 Å². The van der Waals surface area contributed by atoms with Crippen LogP contribution in [0.15, 0.2) is 45.4 Å². The molecule has 0 fully saturated rings. The first-order chi connectivity index (χ1) is 8.66. The van der Waals surface area contributed by atoms with Crippen LogP contribution in [0.4, 0.5) is 5.69 Å². The summed E-state index contributed by atoms with van der Waals surface area (Å²) in [6.45, 7) is 6.03. The normalized spacial score (nSPS) is 26.4. The minimum absolute atomic E-state index is 0.0175. The van der Waals surface area contributed by atoms with Gasteiger partial charge in [-0.05, 0) is 32.9 Å². The Morgan fingerprint density at radius 3 is 2.33 bits per heavy atom. The maximum Gasteiger partial charge on any atom is 0.170 e. The van der Waals surface area contributed by atoms with Crippen molar-refractivity contribution in [2.45, 2.75) is 33.0 Å². The number of hydrogen-bond acceptors (Lipinski definition) is 4. The molecule has 2 aliphatic rings. The first-order valence-corrected chi connectivity index (χ1v) is 6.15. The molecule has 2 aliphatic heterocycles. The highest BCUT2D eigenvalue weighted by Gasteiger charge is 2.37. The van der Waals surface area contributed by atoms with E-state index in [-0.39, 0.29) is 12.2 Å². The lowest BCUT2D eigenvalue weighted by Gasteiger charge is -2.26. The molecule has 1 aromatic carbocycles. The number of aliphatic imine (C=N–C) groups is 2. The van der Waals surface area contributed by atoms with Gasteiger partial charge in [0.2, 0.25) is 0 Å². The number of benzene rings is 1. The topological polar surface area (TPSA) is 40.3 Å². The molecule has 2 heterocycles. The molecule has 3 rings (SSSR count). The van der Waals surface area contributed by atoms with E-state index in [2.05, 4.69) is 17.2 Å². The number of hydrazone groups is 1. The van der Waals surface area contributed by atoms with Gasteiger partial charge in [0.1, 0.15) is 6.04 Å². The molecule has 0 unspecified atom stereocenters. The van der Waals surface area contributed by atoms with Gasteiger partial charge in [0, 0.05) is 0 Å². The van der Waals surface area contributed by atoms with Crippen molar-refractivity contribution in [1.29, 1.82) is 0 Å². The van der Waals surface area contributed by atoms with Crippen molar-refractivity contribution in [3.63, 3.8) is 0 Å². The average Bonchev–Trinajstić information content (AvgIpc) is 2.69. The second-order valence-corrected chi connectivity index (χ2v) is 4.71. The lowest BCUT2D eigenvalue weighted by Crippen LogP contribution is -2.39. The van der Waals surface area contributed by atoms with Crippen molar-refractivity contribution in [2.24, 2.45) is 15.1 Å². The van der Waals surface area contributed by atoms with Crippen LogP contribution in [0.25, 0.3) is 0 Å². The Bertz CT molecular complexity index is 556. The molecule has 0 amide bonds. The SMILES string of the molecule is CC1=N[C@@H]2C(C)=NN(c3ccccc3)[C@H]2N=C1C. The van der Waals surface area contributed by atoms with E-state index < -0.39 is 0 Å². The van der Waals surface area contributed by atoms with Gasteiger partial charge in [0.25, 0.3) is 0 Å². The predicted octanol–water partition coefficient (Wildman–Crippen LogP) is 2.51. The number of hydrogen-bond donors (Lipinski definition) is 0. The molecule has 0 bridgehead atoms. The van der Waals surface area contributed by atoms with Crippen LogP contribution >= 0.6 is 0 Å². The van der Waals surface area contributed by atoms with Gasteiger partial charge in [-0.3, -0.25) is 9.98 Å². The second kappa shape index (κ2) is 4.05. The summed E-state index contributed by atoms with van der Waals surface area (Å²) in [5.41, 5.74) is 4.11. The van der Waals surface area contributed by atoms with E-state index in [1.165, 1.54) is 0 Å². The summed E-state index contributed by atoms with van der Waals surface area (Å²) >= 11 is 0. The van der Waals surface area contributed by atoms with Crippen LogP contribution in [0, 0.1) is 0 Å². The van der Waals surface area contributed by atoms with E-state index in [9.17, 15) is 0 Å². The van der Waals surface area contributed by atoms with E-state index in [1.54, 1.807) is 0 Å². The fourth-order valence-corrected chi connectivity index (χ4v) is 2.31. The molecule has 4 heteroatoms. The van der Waals surface area contributed by atoms with Gasteiger partial charge in [-0.15, -0.1) is 0 Å². The minimum atomic E-state index is -0.0175. The lowest BCUT2D eigenvalue weighted by molar-refractivity contribution is 0.626. The van der Waals surface area contributed by atoms with Crippen LogP contribution in [-0.4, -0.2) is 29.3 Å². The first-order valence-electron chi connectivity index (χ1n) is 6.15. The predicted molar refractivity (Wildman–Crippen MR) is 75.8 cm³/mol. The summed E-state index contributed by atoms with van der Waals surface area (Å²) in [4.78, 5) is 9.43. The highest BCUT2D eigenvalue weighted by atomic mass is 15.5. The highest BCUT2D eigenvalue weighted by molar-refractivity contribution is 6.41. The molecule has 18 heavy (non-hydrogen) atoms. The van der Waals surface area contributed by atoms with Crippen LogP contribution in [0.5, 0.6) is 0 Å². The van der Waals surface area contributed by atoms with Crippen molar-refractivity contribution in [3.8, 4) is 0 Å². The Kier molecular flexibility index (Phi) is 2.51. The zero-order valence-electron chi connectivity index (χ0n) is 10.8. The summed E-state index contributed by atoms with van der Waals surface area (Å²) in [6, 6.07) is 10.2. The Labute approximate surface area is 107 Å². The van der Waals surface area contributed by atoms with Crippen molar-refractivity contribution in [1.82, 2.24) is 0 Å². The van der Waals surface area contributed by atoms with E-state index in [4.69, 9.17) is 9.98 Å². The van der Waals surface area contributed by atoms with Crippen molar-refractivity contribution >= 4 is 22.8 Å². The monoisotopic (exact) mass is 240 g/mol. The standard InChI is InChI=1S/C14H16N4/c1-9-10(2)16-14-13(15-9)11(3)17-18(14)12-7-5-4-6-8-12/h4-8,13-14H,1-3H3/t13-,14-/m1/s1. The highest BCUT2D eigenvalue weighted by Crippen LogP contribution is 2.29. The Morgan fingerprint density at radius 2 is 1.61 bits per heavy atom. The van der Waals surface area contributed by atoms with E-state index in [0.717, 1.165) is 22.8 Å². The third-order valence-electron chi connectivity index (χ3n) is 3.43. The molecule has 4 nitrogen and oxygen atoms in total. The summed E-state index contributed by atoms with van der Waals surface area (Å²) in [5, 5.41) is 6.58. The molecule has 0 saturated heterocycles. The maximum atomic E-state index is 4.73. The number of fused-ring (bicyclic) bond motifs is 1. The molecule has 1 aromatic rings. The molecule has 0 radical (unpaired) electrons. The molecule has 0 aliphatic carbocycles. The summed E-state index contributed by atoms with van der Waals surface area (Å²) in [7, 11) is 0. The molecular weight excluding hydrogens is 224 g/mol. The summed E-state index contributed by atoms with van der Waals surface area (Å²) < 4.78 is 0. The maximum absolute atomic E-state index is 4.73. The fourth-order valence-electron chi connectivity index (χ4n) is 2.31. The van der Waals surface area contributed by atoms with Crippen LogP contribution in [0.1, 0.15) is 20.8 Å². The van der Waals surface area contributed by atoms with Gasteiger partial charge >= 0.3 is 0 Å². The molecule has 0 N–H and O–H groups in total. The second-order valence-electron chi connectivity index (χ2n) is 4.71. The van der Waals surface area contributed by atoms with Crippen LogP contribution in [-0.2, 0) is 0 Å². The Morgan fingerprint density at radius 1 is 0.944 bits per heavy atom. The van der Waals surface area contributed by atoms with E-state index >= 15 is 0 Å². The minimum Gasteiger partial charge on any atom is -0.274 e. The van der Waals surface area contributed by atoms with Gasteiger partial charge in [-0.1, -0.05) is 18.2 Å². The Balaban J connectivity index is 2.01. The number of rotatable bonds is 1. The van der Waals surface area contributed by atoms with Gasteiger partial charge in [0.05, 0.1) is 22.8 Å². The number of anilines is 1. The van der Waals surface area contributed by atoms with Crippen molar-refractivity contribution < 1.29 is 0 Å². The molecule has 0 aromatic heterocycles. The summed E-state index contributed by atoms with van der Waals surface area (Å²) in [5.74, 6) is 0. The smallest absolute Gasteiger partial charge is 0.170 e. The number of nitrogens with zero attached hydrogens (tertiary/aromatic N) is 4. The molecule has 0 saturated carbocycles. The largest absolute Gasteiger partial charge is 0.274 e. The fraction of sp³-hybridized carbons (Fsp3) is 0.357.